The minimum absolute atomic E-state index is 0.139. The topological polar surface area (TPSA) is 42.4 Å². The largest absolute Gasteiger partial charge is 0.497 e. The minimum Gasteiger partial charge on any atom is -0.497 e. The van der Waals surface area contributed by atoms with E-state index in [1.807, 2.05) is 36.1 Å². The van der Waals surface area contributed by atoms with E-state index >= 15 is 0 Å². The van der Waals surface area contributed by atoms with Gasteiger partial charge >= 0.3 is 0 Å². The Balaban J connectivity index is 1.70. The first kappa shape index (κ1) is 16.8. The smallest absolute Gasteiger partial charge is 0.236 e. The zero-order chi connectivity index (χ0) is 16.9. The number of aromatic nitrogens is 1. The van der Waals surface area contributed by atoms with Crippen LogP contribution < -0.4 is 4.74 Å². The lowest BCUT2D eigenvalue weighted by atomic mass is 10.0. The molecule has 0 bridgehead atoms. The van der Waals surface area contributed by atoms with E-state index in [9.17, 15) is 4.79 Å². The number of rotatable bonds is 4. The lowest BCUT2D eigenvalue weighted by Crippen LogP contribution is -2.36. The predicted molar refractivity (Wildman–Crippen MR) is 96.3 cm³/mol. The van der Waals surface area contributed by atoms with Gasteiger partial charge in [-0.05, 0) is 55.2 Å². The molecule has 1 aromatic carbocycles. The lowest BCUT2D eigenvalue weighted by molar-refractivity contribution is -0.130. The SMILES string of the molecule is COc1ccc2c(c1)CCCN(C(=O)C(C)Sc1ccccn1)C2. The molecule has 0 radical (unpaired) electrons. The number of carbonyl (C=O) groups excluding carboxylic acids is 1. The number of ether oxygens (including phenoxy) is 1. The molecule has 1 aliphatic rings. The highest BCUT2D eigenvalue weighted by Crippen LogP contribution is 2.27. The summed E-state index contributed by atoms with van der Waals surface area (Å²) >= 11 is 1.52. The molecule has 3 rings (SSSR count). The third-order valence-corrected chi connectivity index (χ3v) is 5.28. The Kier molecular flexibility index (Phi) is 5.41. The van der Waals surface area contributed by atoms with Crippen molar-refractivity contribution in [1.82, 2.24) is 9.88 Å². The van der Waals surface area contributed by atoms with Gasteiger partial charge in [-0.25, -0.2) is 4.98 Å². The summed E-state index contributed by atoms with van der Waals surface area (Å²) in [5.74, 6) is 1.06. The van der Waals surface area contributed by atoms with Crippen molar-refractivity contribution in [2.24, 2.45) is 0 Å². The zero-order valence-electron chi connectivity index (χ0n) is 14.1. The van der Waals surface area contributed by atoms with E-state index in [1.165, 1.54) is 22.9 Å². The average molecular weight is 342 g/mol. The molecule has 4 nitrogen and oxygen atoms in total. The number of aryl methyl sites for hydroxylation is 1. The quantitative estimate of drug-likeness (QED) is 0.797. The van der Waals surface area contributed by atoms with Crippen LogP contribution in [0.1, 0.15) is 24.5 Å². The molecule has 1 unspecified atom stereocenters. The van der Waals surface area contributed by atoms with Crippen molar-refractivity contribution in [3.8, 4) is 5.75 Å². The number of methoxy groups -OCH3 is 1. The normalized spacial score (nSPS) is 15.3. The van der Waals surface area contributed by atoms with Crippen LogP contribution in [0.3, 0.4) is 0 Å². The van der Waals surface area contributed by atoms with Crippen molar-refractivity contribution in [3.05, 3.63) is 53.7 Å². The zero-order valence-corrected chi connectivity index (χ0v) is 14.9. The Morgan fingerprint density at radius 1 is 1.29 bits per heavy atom. The summed E-state index contributed by atoms with van der Waals surface area (Å²) in [6.07, 6.45) is 3.72. The molecule has 0 saturated carbocycles. The minimum atomic E-state index is -0.139. The lowest BCUT2D eigenvalue weighted by Gasteiger charge is -2.24. The Hall–Kier alpha value is -2.01. The number of hydrogen-bond acceptors (Lipinski definition) is 4. The van der Waals surface area contributed by atoms with Gasteiger partial charge in [0.25, 0.3) is 0 Å². The number of amides is 1. The molecular weight excluding hydrogens is 320 g/mol. The highest BCUT2D eigenvalue weighted by atomic mass is 32.2. The van der Waals surface area contributed by atoms with Gasteiger partial charge in [0.05, 0.1) is 17.4 Å². The van der Waals surface area contributed by atoms with Crippen molar-refractivity contribution in [1.29, 1.82) is 0 Å². The maximum atomic E-state index is 12.8. The summed E-state index contributed by atoms with van der Waals surface area (Å²) < 4.78 is 5.31. The van der Waals surface area contributed by atoms with Gasteiger partial charge in [-0.1, -0.05) is 23.9 Å². The van der Waals surface area contributed by atoms with Crippen molar-refractivity contribution in [2.45, 2.75) is 36.6 Å². The molecule has 0 fully saturated rings. The van der Waals surface area contributed by atoms with Crippen molar-refractivity contribution in [2.75, 3.05) is 13.7 Å². The predicted octanol–water partition coefficient (Wildman–Crippen LogP) is 3.55. The van der Waals surface area contributed by atoms with Gasteiger partial charge < -0.3 is 9.64 Å². The number of fused-ring (bicyclic) bond motifs is 1. The molecule has 1 aliphatic heterocycles. The monoisotopic (exact) mass is 342 g/mol. The van der Waals surface area contributed by atoms with Crippen molar-refractivity contribution in [3.63, 3.8) is 0 Å². The number of benzene rings is 1. The molecule has 126 valence electrons. The third kappa shape index (κ3) is 3.90. The Bertz CT molecular complexity index is 706. The average Bonchev–Trinajstić information content (AvgIpc) is 2.83. The van der Waals surface area contributed by atoms with Crippen LogP contribution in [0.2, 0.25) is 0 Å². The molecule has 2 aromatic rings. The number of carbonyl (C=O) groups is 1. The summed E-state index contributed by atoms with van der Waals surface area (Å²) in [7, 11) is 1.69. The molecule has 1 atom stereocenters. The second kappa shape index (κ2) is 7.71. The first-order chi connectivity index (χ1) is 11.7. The van der Waals surface area contributed by atoms with Crippen LogP contribution in [-0.2, 0) is 17.8 Å². The Labute approximate surface area is 147 Å². The molecule has 0 aliphatic carbocycles. The van der Waals surface area contributed by atoms with E-state index in [2.05, 4.69) is 17.1 Å². The van der Waals surface area contributed by atoms with E-state index in [-0.39, 0.29) is 11.2 Å². The van der Waals surface area contributed by atoms with E-state index in [1.54, 1.807) is 13.3 Å². The van der Waals surface area contributed by atoms with Gasteiger partial charge in [0, 0.05) is 19.3 Å². The highest BCUT2D eigenvalue weighted by Gasteiger charge is 2.24. The molecule has 0 saturated heterocycles. The van der Waals surface area contributed by atoms with Crippen molar-refractivity contribution < 1.29 is 9.53 Å². The van der Waals surface area contributed by atoms with Gasteiger partial charge in [0.15, 0.2) is 0 Å². The molecule has 1 amide bonds. The fourth-order valence-electron chi connectivity index (χ4n) is 2.95. The van der Waals surface area contributed by atoms with E-state index in [0.717, 1.165) is 30.2 Å². The molecule has 5 heteroatoms. The molecular formula is C19H22N2O2S. The van der Waals surface area contributed by atoms with Crippen LogP contribution in [-0.4, -0.2) is 34.7 Å². The van der Waals surface area contributed by atoms with Crippen LogP contribution in [0.25, 0.3) is 0 Å². The van der Waals surface area contributed by atoms with Crippen LogP contribution in [0.15, 0.2) is 47.6 Å². The Morgan fingerprint density at radius 2 is 2.17 bits per heavy atom. The third-order valence-electron chi connectivity index (χ3n) is 4.24. The maximum absolute atomic E-state index is 12.8. The van der Waals surface area contributed by atoms with E-state index in [0.29, 0.717) is 6.54 Å². The standard InChI is InChI=1S/C19H22N2O2S/c1-14(24-18-7-3-4-10-20-18)19(22)21-11-5-6-15-12-17(23-2)9-8-16(15)13-21/h3-4,7-10,12,14H,5-6,11,13H2,1-2H3. The number of hydrogen-bond donors (Lipinski definition) is 0. The summed E-state index contributed by atoms with van der Waals surface area (Å²) in [5, 5.41) is 0.748. The van der Waals surface area contributed by atoms with E-state index in [4.69, 9.17) is 4.74 Å². The summed E-state index contributed by atoms with van der Waals surface area (Å²) in [6, 6.07) is 11.9. The number of pyridine rings is 1. The first-order valence-corrected chi connectivity index (χ1v) is 9.07. The van der Waals surface area contributed by atoms with E-state index < -0.39 is 0 Å². The van der Waals surface area contributed by atoms with Crippen LogP contribution in [0.4, 0.5) is 0 Å². The first-order valence-electron chi connectivity index (χ1n) is 8.19. The molecule has 1 aromatic heterocycles. The van der Waals surface area contributed by atoms with Crippen LogP contribution in [0.5, 0.6) is 5.75 Å². The fourth-order valence-corrected chi connectivity index (χ4v) is 3.85. The molecule has 0 spiro atoms. The highest BCUT2D eigenvalue weighted by molar-refractivity contribution is 8.00. The van der Waals surface area contributed by atoms with Gasteiger partial charge in [0.2, 0.25) is 5.91 Å². The van der Waals surface area contributed by atoms with Crippen LogP contribution in [0, 0.1) is 0 Å². The van der Waals surface area contributed by atoms with Crippen molar-refractivity contribution >= 4 is 17.7 Å². The summed E-state index contributed by atoms with van der Waals surface area (Å²) in [4.78, 5) is 19.1. The van der Waals surface area contributed by atoms with Gasteiger partial charge in [-0.15, -0.1) is 0 Å². The molecule has 24 heavy (non-hydrogen) atoms. The number of nitrogens with zero attached hydrogens (tertiary/aromatic N) is 2. The second-order valence-corrected chi connectivity index (χ2v) is 7.29. The number of thioether (sulfide) groups is 1. The second-order valence-electron chi connectivity index (χ2n) is 5.93. The van der Waals surface area contributed by atoms with Gasteiger partial charge in [-0.3, -0.25) is 4.79 Å². The van der Waals surface area contributed by atoms with Gasteiger partial charge in [0.1, 0.15) is 5.75 Å². The maximum Gasteiger partial charge on any atom is 0.236 e. The fraction of sp³-hybridized carbons (Fsp3) is 0.368. The van der Waals surface area contributed by atoms with Gasteiger partial charge in [-0.2, -0.15) is 0 Å². The van der Waals surface area contributed by atoms with Crippen LogP contribution >= 0.6 is 11.8 Å². The Morgan fingerprint density at radius 3 is 2.92 bits per heavy atom. The molecule has 0 N–H and O–H groups in total. The summed E-state index contributed by atoms with van der Waals surface area (Å²) in [6.45, 7) is 3.43. The molecule has 2 heterocycles. The summed E-state index contributed by atoms with van der Waals surface area (Å²) in [5.41, 5.74) is 2.51.